The molecular formula is C17H22FNO3. The molecule has 5 heteroatoms. The van der Waals surface area contributed by atoms with E-state index in [1.54, 1.807) is 17.0 Å². The summed E-state index contributed by atoms with van der Waals surface area (Å²) in [5.41, 5.74) is 0.209. The van der Waals surface area contributed by atoms with E-state index in [1.165, 1.54) is 12.1 Å². The molecule has 1 aromatic carbocycles. The van der Waals surface area contributed by atoms with Crippen molar-refractivity contribution in [1.82, 2.24) is 4.90 Å². The lowest BCUT2D eigenvalue weighted by Gasteiger charge is -2.33. The molecule has 2 rings (SSSR count). The highest BCUT2D eigenvalue weighted by molar-refractivity contribution is 5.84. The fourth-order valence-electron chi connectivity index (χ4n) is 2.53. The first-order chi connectivity index (χ1) is 10.2. The Kier molecular flexibility index (Phi) is 4.84. The molecule has 0 bridgehead atoms. The highest BCUT2D eigenvalue weighted by Gasteiger charge is 2.32. The van der Waals surface area contributed by atoms with Gasteiger partial charge in [0, 0.05) is 25.4 Å². The first-order valence-electron chi connectivity index (χ1n) is 7.50. The molecule has 0 radical (unpaired) electrons. The molecule has 0 aliphatic carbocycles. The Hall–Kier alpha value is -1.91. The van der Waals surface area contributed by atoms with Gasteiger partial charge in [-0.3, -0.25) is 4.79 Å². The predicted octanol–water partition coefficient (Wildman–Crippen LogP) is 3.19. The van der Waals surface area contributed by atoms with Gasteiger partial charge in [0.25, 0.3) is 0 Å². The molecule has 0 unspecified atom stereocenters. The lowest BCUT2D eigenvalue weighted by molar-refractivity contribution is -0.125. The first kappa shape index (κ1) is 16.5. The fraction of sp³-hybridized carbons (Fsp3) is 0.529. The third-order valence-electron chi connectivity index (χ3n) is 3.55. The van der Waals surface area contributed by atoms with Gasteiger partial charge in [-0.15, -0.1) is 0 Å². The number of Topliss-reactive ketones (excluding diaryl/α,β-unsaturated/α-hetero) is 1. The maximum Gasteiger partial charge on any atom is 0.410 e. The van der Waals surface area contributed by atoms with Crippen LogP contribution in [0, 0.1) is 11.7 Å². The van der Waals surface area contributed by atoms with Crippen LogP contribution >= 0.6 is 0 Å². The van der Waals surface area contributed by atoms with Crippen LogP contribution in [0.2, 0.25) is 0 Å². The summed E-state index contributed by atoms with van der Waals surface area (Å²) in [6.45, 7) is 6.14. The molecule has 22 heavy (non-hydrogen) atoms. The maximum atomic E-state index is 13.2. The summed E-state index contributed by atoms with van der Waals surface area (Å²) in [6.07, 6.45) is 0.360. The van der Waals surface area contributed by atoms with E-state index in [0.717, 1.165) is 5.56 Å². The van der Waals surface area contributed by atoms with Gasteiger partial charge in [0.05, 0.1) is 0 Å². The number of carbonyl (C=O) groups excluding carboxylic acids is 2. The van der Waals surface area contributed by atoms with Crippen LogP contribution in [-0.2, 0) is 16.0 Å². The average molecular weight is 307 g/mol. The standard InChI is InChI=1S/C17H22FNO3/c1-17(2,3)22-16(21)19-8-7-15(20)13(11-19)9-12-5-4-6-14(18)10-12/h4-6,10,13H,7-9,11H2,1-3H3/t13-/m0/s1. The van der Waals surface area contributed by atoms with Gasteiger partial charge in [-0.1, -0.05) is 12.1 Å². The number of halogens is 1. The maximum absolute atomic E-state index is 13.2. The summed E-state index contributed by atoms with van der Waals surface area (Å²) in [5, 5.41) is 0. The topological polar surface area (TPSA) is 46.6 Å². The van der Waals surface area contributed by atoms with Crippen molar-refractivity contribution < 1.29 is 18.7 Å². The Balaban J connectivity index is 2.02. The second kappa shape index (κ2) is 6.46. The molecule has 0 spiro atoms. The smallest absolute Gasteiger partial charge is 0.410 e. The largest absolute Gasteiger partial charge is 0.444 e. The molecule has 1 aromatic rings. The molecule has 1 aliphatic heterocycles. The lowest BCUT2D eigenvalue weighted by Crippen LogP contribution is -2.46. The van der Waals surface area contributed by atoms with E-state index in [1.807, 2.05) is 20.8 Å². The van der Waals surface area contributed by atoms with E-state index in [-0.39, 0.29) is 17.5 Å². The number of likely N-dealkylation sites (tertiary alicyclic amines) is 1. The Morgan fingerprint density at radius 3 is 2.77 bits per heavy atom. The van der Waals surface area contributed by atoms with Crippen LogP contribution in [0.4, 0.5) is 9.18 Å². The van der Waals surface area contributed by atoms with Crippen molar-refractivity contribution in [2.45, 2.75) is 39.2 Å². The molecular weight excluding hydrogens is 285 g/mol. The minimum absolute atomic E-state index is 0.115. The van der Waals surface area contributed by atoms with Crippen LogP contribution in [0.15, 0.2) is 24.3 Å². The number of piperidine rings is 1. The SMILES string of the molecule is CC(C)(C)OC(=O)N1CCC(=O)[C@@H](Cc2cccc(F)c2)C1. The highest BCUT2D eigenvalue weighted by atomic mass is 19.1. The van der Waals surface area contributed by atoms with Crippen LogP contribution in [0.25, 0.3) is 0 Å². The monoisotopic (exact) mass is 307 g/mol. The quantitative estimate of drug-likeness (QED) is 0.843. The average Bonchev–Trinajstić information content (AvgIpc) is 2.39. The normalized spacial score (nSPS) is 19.2. The highest BCUT2D eigenvalue weighted by Crippen LogP contribution is 2.20. The minimum Gasteiger partial charge on any atom is -0.444 e. The summed E-state index contributed by atoms with van der Waals surface area (Å²) in [6, 6.07) is 6.23. The van der Waals surface area contributed by atoms with Crippen molar-refractivity contribution in [2.75, 3.05) is 13.1 Å². The molecule has 1 amide bonds. The van der Waals surface area contributed by atoms with E-state index in [9.17, 15) is 14.0 Å². The van der Waals surface area contributed by atoms with Crippen molar-refractivity contribution in [3.05, 3.63) is 35.6 Å². The van der Waals surface area contributed by atoms with Crippen LogP contribution in [0.3, 0.4) is 0 Å². The van der Waals surface area contributed by atoms with Gasteiger partial charge in [0.15, 0.2) is 0 Å². The third kappa shape index (κ3) is 4.55. The molecule has 1 aliphatic rings. The predicted molar refractivity (Wildman–Crippen MR) is 81.0 cm³/mol. The van der Waals surface area contributed by atoms with Crippen molar-refractivity contribution in [2.24, 2.45) is 5.92 Å². The molecule has 1 saturated heterocycles. The summed E-state index contributed by atoms with van der Waals surface area (Å²) in [5.74, 6) is -0.503. The van der Waals surface area contributed by atoms with E-state index in [0.29, 0.717) is 25.9 Å². The van der Waals surface area contributed by atoms with Gasteiger partial charge in [-0.2, -0.15) is 0 Å². The number of ketones is 1. The number of hydrogen-bond acceptors (Lipinski definition) is 3. The Bertz CT molecular complexity index is 565. The van der Waals surface area contributed by atoms with Crippen molar-refractivity contribution in [1.29, 1.82) is 0 Å². The van der Waals surface area contributed by atoms with Crippen LogP contribution < -0.4 is 0 Å². The van der Waals surface area contributed by atoms with Crippen molar-refractivity contribution in [3.8, 4) is 0 Å². The zero-order chi connectivity index (χ0) is 16.3. The zero-order valence-corrected chi connectivity index (χ0v) is 13.3. The number of benzene rings is 1. The number of ether oxygens (including phenoxy) is 1. The van der Waals surface area contributed by atoms with Gasteiger partial charge in [0.1, 0.15) is 17.2 Å². The lowest BCUT2D eigenvalue weighted by atomic mass is 9.90. The zero-order valence-electron chi connectivity index (χ0n) is 13.3. The summed E-state index contributed by atoms with van der Waals surface area (Å²) in [7, 11) is 0. The summed E-state index contributed by atoms with van der Waals surface area (Å²) < 4.78 is 18.6. The van der Waals surface area contributed by atoms with Gasteiger partial charge < -0.3 is 9.64 Å². The van der Waals surface area contributed by atoms with Crippen molar-refractivity contribution >= 4 is 11.9 Å². The van der Waals surface area contributed by atoms with E-state index >= 15 is 0 Å². The molecule has 1 atom stereocenters. The number of carbonyl (C=O) groups is 2. The Morgan fingerprint density at radius 2 is 2.14 bits per heavy atom. The molecule has 1 fully saturated rings. The molecule has 0 aromatic heterocycles. The number of amides is 1. The first-order valence-corrected chi connectivity index (χ1v) is 7.50. The molecule has 120 valence electrons. The second-order valence-corrected chi connectivity index (χ2v) is 6.67. The second-order valence-electron chi connectivity index (χ2n) is 6.67. The third-order valence-corrected chi connectivity index (χ3v) is 3.55. The van der Waals surface area contributed by atoms with E-state index in [4.69, 9.17) is 4.74 Å². The van der Waals surface area contributed by atoms with Crippen LogP contribution in [0.5, 0.6) is 0 Å². The summed E-state index contributed by atoms with van der Waals surface area (Å²) in [4.78, 5) is 25.7. The number of hydrogen-bond donors (Lipinski definition) is 0. The van der Waals surface area contributed by atoms with Gasteiger partial charge >= 0.3 is 6.09 Å². The summed E-state index contributed by atoms with van der Waals surface area (Å²) >= 11 is 0. The van der Waals surface area contributed by atoms with Gasteiger partial charge in [-0.05, 0) is 44.9 Å². The Labute approximate surface area is 130 Å². The van der Waals surface area contributed by atoms with Gasteiger partial charge in [0.2, 0.25) is 0 Å². The Morgan fingerprint density at radius 1 is 1.41 bits per heavy atom. The number of rotatable bonds is 2. The van der Waals surface area contributed by atoms with E-state index in [2.05, 4.69) is 0 Å². The molecule has 0 N–H and O–H groups in total. The van der Waals surface area contributed by atoms with Gasteiger partial charge in [-0.25, -0.2) is 9.18 Å². The molecule has 0 saturated carbocycles. The van der Waals surface area contributed by atoms with Crippen LogP contribution in [0.1, 0.15) is 32.8 Å². The molecule has 4 nitrogen and oxygen atoms in total. The van der Waals surface area contributed by atoms with Crippen molar-refractivity contribution in [3.63, 3.8) is 0 Å². The molecule has 1 heterocycles. The van der Waals surface area contributed by atoms with E-state index < -0.39 is 11.7 Å². The minimum atomic E-state index is -0.559. The van der Waals surface area contributed by atoms with Crippen LogP contribution in [-0.4, -0.2) is 35.5 Å². The fourth-order valence-corrected chi connectivity index (χ4v) is 2.53. The number of nitrogens with zero attached hydrogens (tertiary/aromatic N) is 1.